The van der Waals surface area contributed by atoms with Crippen molar-refractivity contribution in [2.75, 3.05) is 20.8 Å². The monoisotopic (exact) mass is 642 g/mol. The Labute approximate surface area is 275 Å². The minimum absolute atomic E-state index is 0.0604. The quantitative estimate of drug-likeness (QED) is 0.195. The number of oxime groups is 1. The summed E-state index contributed by atoms with van der Waals surface area (Å²) in [5.41, 5.74) is 3.96. The lowest BCUT2D eigenvalue weighted by Gasteiger charge is -2.61. The number of ketones is 1. The summed E-state index contributed by atoms with van der Waals surface area (Å²) in [6.07, 6.45) is 10.4. The number of Topliss-reactive ketones (excluding diaryl/α,β-unsaturated/α-hetero) is 1. The maximum atomic E-state index is 14.4. The minimum Gasteiger partial charge on any atom is -0.462 e. The molecule has 5 rings (SSSR count). The Bertz CT molecular complexity index is 1270. The summed E-state index contributed by atoms with van der Waals surface area (Å²) in [5, 5.41) is 4.35. The number of hydroxylamine groups is 1. The van der Waals surface area contributed by atoms with Gasteiger partial charge in [0.05, 0.1) is 12.8 Å². The van der Waals surface area contributed by atoms with Gasteiger partial charge in [-0.05, 0) is 84.0 Å². The van der Waals surface area contributed by atoms with Crippen molar-refractivity contribution in [3.63, 3.8) is 0 Å². The third-order valence-electron chi connectivity index (χ3n) is 14.3. The number of carbonyl (C=O) groups excluding carboxylic acids is 3. The standard InChI is InChI=1S/C37H58N2O7/c1-11-21(2)26(19-38-43-9)32(42)33(46-25(6)41)23(4)31-29(45-24(5)40)18-35(8)30-13-12-27-22(3)28(39-44-10)14-15-36(27)20-37(30,36)17-16-34(31,35)7/h14-15,21-23,26-27,29-31,33,38H,11-13,16-20H2,1-10H3/b39-28+/t21-,22-,23-,26?,27-,29-,30-,31-,33+,34+,35-,36+,37-/m0/s1. The van der Waals surface area contributed by atoms with Gasteiger partial charge in [0.25, 0.3) is 0 Å². The first-order valence-corrected chi connectivity index (χ1v) is 17.6. The molecule has 4 saturated carbocycles. The first-order chi connectivity index (χ1) is 21.7. The van der Waals surface area contributed by atoms with Gasteiger partial charge >= 0.3 is 11.9 Å². The average Bonchev–Trinajstić information content (AvgIpc) is 3.60. The third-order valence-corrected chi connectivity index (χ3v) is 14.3. The lowest BCUT2D eigenvalue weighted by molar-refractivity contribution is -0.169. The van der Waals surface area contributed by atoms with Gasteiger partial charge in [-0.15, -0.1) is 0 Å². The van der Waals surface area contributed by atoms with Crippen molar-refractivity contribution < 1.29 is 33.5 Å². The summed E-state index contributed by atoms with van der Waals surface area (Å²) in [6.45, 7) is 16.5. The Kier molecular flexibility index (Phi) is 9.64. The molecular weight excluding hydrogens is 584 g/mol. The van der Waals surface area contributed by atoms with E-state index in [-0.39, 0.29) is 57.3 Å². The molecule has 0 aromatic heterocycles. The van der Waals surface area contributed by atoms with E-state index in [1.165, 1.54) is 27.4 Å². The summed E-state index contributed by atoms with van der Waals surface area (Å²) in [4.78, 5) is 50.0. The molecule has 0 aromatic carbocycles. The van der Waals surface area contributed by atoms with Crippen LogP contribution in [0.4, 0.5) is 0 Å². The van der Waals surface area contributed by atoms with Gasteiger partial charge in [0.2, 0.25) is 0 Å². The molecule has 0 amide bonds. The van der Waals surface area contributed by atoms with Gasteiger partial charge in [-0.25, -0.2) is 5.48 Å². The zero-order valence-electron chi connectivity index (χ0n) is 29.8. The van der Waals surface area contributed by atoms with E-state index in [1.54, 1.807) is 7.11 Å². The molecule has 5 aliphatic carbocycles. The van der Waals surface area contributed by atoms with Crippen molar-refractivity contribution in [1.29, 1.82) is 0 Å². The number of ether oxygens (including phenoxy) is 2. The van der Waals surface area contributed by atoms with E-state index in [0.29, 0.717) is 24.3 Å². The summed E-state index contributed by atoms with van der Waals surface area (Å²) in [6, 6.07) is 0. The van der Waals surface area contributed by atoms with Crippen molar-refractivity contribution in [3.05, 3.63) is 12.2 Å². The predicted octanol–water partition coefficient (Wildman–Crippen LogP) is 6.31. The van der Waals surface area contributed by atoms with E-state index >= 15 is 0 Å². The van der Waals surface area contributed by atoms with Gasteiger partial charge in [-0.2, -0.15) is 0 Å². The zero-order chi connectivity index (χ0) is 33.8. The van der Waals surface area contributed by atoms with Crippen LogP contribution in [0.15, 0.2) is 17.3 Å². The van der Waals surface area contributed by atoms with E-state index < -0.39 is 18.0 Å². The van der Waals surface area contributed by atoms with Gasteiger partial charge in [0, 0.05) is 44.1 Å². The van der Waals surface area contributed by atoms with Crippen molar-refractivity contribution in [1.82, 2.24) is 5.48 Å². The fourth-order valence-electron chi connectivity index (χ4n) is 11.9. The molecule has 1 unspecified atom stereocenters. The van der Waals surface area contributed by atoms with Crippen LogP contribution in [0.2, 0.25) is 0 Å². The lowest BCUT2D eigenvalue weighted by atomic mass is 9.43. The van der Waals surface area contributed by atoms with Crippen LogP contribution in [-0.4, -0.2) is 56.4 Å². The van der Waals surface area contributed by atoms with Crippen LogP contribution in [0.1, 0.15) is 100 Å². The molecule has 2 spiro atoms. The molecule has 0 radical (unpaired) electrons. The smallest absolute Gasteiger partial charge is 0.303 e. The van der Waals surface area contributed by atoms with E-state index in [9.17, 15) is 14.4 Å². The van der Waals surface area contributed by atoms with Crippen LogP contribution in [0, 0.1) is 63.1 Å². The Hall–Kier alpha value is -2.26. The molecule has 5 aliphatic rings. The SMILES string of the molecule is CC[C@H](C)C(CNOC)C(=O)[C@H](OC(C)=O)[C@@H](C)[C@H]1[C@@H](OC(C)=O)C[C@@]2(C)[C@@H]3CC[C@H]4[C@H](C)/C(=N/OC)C=C[C@@]45C[C@@]35CC[C@]12C. The highest BCUT2D eigenvalue weighted by Gasteiger charge is 2.81. The number of esters is 2. The van der Waals surface area contributed by atoms with Crippen LogP contribution in [0.3, 0.4) is 0 Å². The minimum atomic E-state index is -0.947. The maximum absolute atomic E-state index is 14.4. The number of hydrogen-bond donors (Lipinski definition) is 1. The molecule has 4 fully saturated rings. The second-order valence-electron chi connectivity index (χ2n) is 16.0. The number of hydrogen-bond acceptors (Lipinski definition) is 9. The van der Waals surface area contributed by atoms with Crippen LogP contribution in [0.5, 0.6) is 0 Å². The van der Waals surface area contributed by atoms with E-state index in [1.807, 2.05) is 6.92 Å². The molecule has 9 heteroatoms. The van der Waals surface area contributed by atoms with Gasteiger partial charge < -0.3 is 19.1 Å². The van der Waals surface area contributed by atoms with E-state index in [0.717, 1.165) is 44.2 Å². The number of carbonyl (C=O) groups is 3. The van der Waals surface area contributed by atoms with Crippen molar-refractivity contribution in [3.8, 4) is 0 Å². The summed E-state index contributed by atoms with van der Waals surface area (Å²) < 4.78 is 12.2. The first kappa shape index (κ1) is 35.1. The number of nitrogens with zero attached hydrogens (tertiary/aromatic N) is 1. The largest absolute Gasteiger partial charge is 0.462 e. The van der Waals surface area contributed by atoms with E-state index in [2.05, 4.69) is 57.4 Å². The second kappa shape index (κ2) is 12.6. The normalized spacial score (nSPS) is 42.4. The molecule has 0 aliphatic heterocycles. The molecule has 0 heterocycles. The summed E-state index contributed by atoms with van der Waals surface area (Å²) in [7, 11) is 3.16. The Morgan fingerprint density at radius 2 is 1.78 bits per heavy atom. The van der Waals surface area contributed by atoms with Gasteiger partial charge in [-0.1, -0.05) is 59.2 Å². The topological polar surface area (TPSA) is 113 Å². The molecule has 9 nitrogen and oxygen atoms in total. The fourth-order valence-corrected chi connectivity index (χ4v) is 11.9. The van der Waals surface area contributed by atoms with Gasteiger partial charge in [0.1, 0.15) is 13.2 Å². The first-order valence-electron chi connectivity index (χ1n) is 17.6. The molecule has 0 aromatic rings. The highest BCUT2D eigenvalue weighted by atomic mass is 16.6. The van der Waals surface area contributed by atoms with Gasteiger partial charge in [-0.3, -0.25) is 14.4 Å². The molecule has 46 heavy (non-hydrogen) atoms. The maximum Gasteiger partial charge on any atom is 0.303 e. The Morgan fingerprint density at radius 3 is 2.39 bits per heavy atom. The number of nitrogens with one attached hydrogen (secondary N) is 1. The number of fused-ring (bicyclic) bond motifs is 2. The van der Waals surface area contributed by atoms with Crippen LogP contribution < -0.4 is 5.48 Å². The average molecular weight is 643 g/mol. The highest BCUT2D eigenvalue weighted by molar-refractivity contribution is 5.98. The predicted molar refractivity (Wildman–Crippen MR) is 175 cm³/mol. The number of rotatable bonds is 12. The Morgan fingerprint density at radius 1 is 1.07 bits per heavy atom. The lowest BCUT2D eigenvalue weighted by Crippen LogP contribution is -2.56. The zero-order valence-corrected chi connectivity index (χ0v) is 29.8. The summed E-state index contributed by atoms with van der Waals surface area (Å²) in [5.74, 6) is -0.347. The highest BCUT2D eigenvalue weighted by Crippen LogP contribution is 2.87. The summed E-state index contributed by atoms with van der Waals surface area (Å²) >= 11 is 0. The van der Waals surface area contributed by atoms with Crippen LogP contribution in [0.25, 0.3) is 0 Å². The Balaban J connectivity index is 1.52. The van der Waals surface area contributed by atoms with Crippen LogP contribution >= 0.6 is 0 Å². The molecule has 1 N–H and O–H groups in total. The molecular formula is C37H58N2O7. The van der Waals surface area contributed by atoms with Crippen LogP contribution in [-0.2, 0) is 33.5 Å². The molecule has 0 bridgehead atoms. The number of allylic oxidation sites excluding steroid dienone is 2. The van der Waals surface area contributed by atoms with Crippen molar-refractivity contribution in [2.24, 2.45) is 68.2 Å². The third kappa shape index (κ3) is 5.17. The van der Waals surface area contributed by atoms with E-state index in [4.69, 9.17) is 19.1 Å². The second-order valence-corrected chi connectivity index (χ2v) is 16.0. The molecule has 258 valence electrons. The van der Waals surface area contributed by atoms with Gasteiger partial charge in [0.15, 0.2) is 11.9 Å². The molecule has 0 saturated heterocycles. The molecule has 13 atom stereocenters. The van der Waals surface area contributed by atoms with Crippen molar-refractivity contribution >= 4 is 23.4 Å². The van der Waals surface area contributed by atoms with Crippen molar-refractivity contribution in [2.45, 2.75) is 113 Å². The fraction of sp³-hybridized carbons (Fsp3) is 0.838.